The minimum absolute atomic E-state index is 0.0880. The van der Waals surface area contributed by atoms with Crippen molar-refractivity contribution in [2.75, 3.05) is 31.4 Å². The topological polar surface area (TPSA) is 106 Å². The first-order valence-corrected chi connectivity index (χ1v) is 13.6. The van der Waals surface area contributed by atoms with E-state index in [4.69, 9.17) is 4.74 Å². The third-order valence-electron chi connectivity index (χ3n) is 4.89. The summed E-state index contributed by atoms with van der Waals surface area (Å²) in [6, 6.07) is 9.47. The number of pyridine rings is 1. The zero-order chi connectivity index (χ0) is 23.1. The Kier molecular flexibility index (Phi) is 8.84. The molecule has 172 valence electrons. The Hall–Kier alpha value is -2.17. The van der Waals surface area contributed by atoms with Crippen molar-refractivity contribution in [3.8, 4) is 5.75 Å². The highest BCUT2D eigenvalue weighted by molar-refractivity contribution is 7.90. The van der Waals surface area contributed by atoms with Gasteiger partial charge in [0.2, 0.25) is 10.0 Å². The van der Waals surface area contributed by atoms with Crippen molar-refractivity contribution in [3.63, 3.8) is 0 Å². The highest BCUT2D eigenvalue weighted by Gasteiger charge is 2.18. The van der Waals surface area contributed by atoms with Crippen LogP contribution in [0.1, 0.15) is 33.1 Å². The molecule has 0 saturated carbocycles. The normalized spacial score (nSPS) is 12.2. The molecule has 31 heavy (non-hydrogen) atoms. The molecule has 0 aliphatic carbocycles. The number of sulfonamides is 1. The van der Waals surface area contributed by atoms with Gasteiger partial charge >= 0.3 is 0 Å². The van der Waals surface area contributed by atoms with Crippen LogP contribution in [0.3, 0.4) is 0 Å². The molecule has 0 radical (unpaired) electrons. The Morgan fingerprint density at radius 1 is 1.00 bits per heavy atom. The van der Waals surface area contributed by atoms with Crippen LogP contribution in [-0.4, -0.2) is 54.3 Å². The summed E-state index contributed by atoms with van der Waals surface area (Å²) < 4.78 is 56.2. The van der Waals surface area contributed by atoms with E-state index in [1.54, 1.807) is 24.3 Å². The molecule has 0 aliphatic rings. The van der Waals surface area contributed by atoms with Gasteiger partial charge in [0, 0.05) is 32.1 Å². The highest BCUT2D eigenvalue weighted by Crippen LogP contribution is 2.17. The number of aromatic nitrogens is 1. The van der Waals surface area contributed by atoms with E-state index in [0.717, 1.165) is 19.1 Å². The first kappa shape index (κ1) is 25.1. The SMILES string of the molecule is CCC(CC)NS(=O)(=O)c1ccc(N(C)CCCOc2ccc(S(C)(=O)=O)cc2)nc1. The molecule has 10 heteroatoms. The zero-order valence-corrected chi connectivity index (χ0v) is 20.0. The van der Waals surface area contributed by atoms with Gasteiger partial charge in [-0.2, -0.15) is 0 Å². The fraction of sp³-hybridized carbons (Fsp3) is 0.476. The van der Waals surface area contributed by atoms with Crippen molar-refractivity contribution >= 4 is 25.7 Å². The molecular formula is C21H31N3O5S2. The molecule has 1 aromatic carbocycles. The van der Waals surface area contributed by atoms with Crippen LogP contribution < -0.4 is 14.4 Å². The zero-order valence-electron chi connectivity index (χ0n) is 18.4. The predicted molar refractivity (Wildman–Crippen MR) is 122 cm³/mol. The molecule has 0 spiro atoms. The van der Waals surface area contributed by atoms with Gasteiger partial charge in [0.05, 0.1) is 11.5 Å². The van der Waals surface area contributed by atoms with E-state index in [-0.39, 0.29) is 15.8 Å². The Labute approximate surface area is 185 Å². The van der Waals surface area contributed by atoms with E-state index in [1.807, 2.05) is 25.8 Å². The Morgan fingerprint density at radius 3 is 2.13 bits per heavy atom. The third-order valence-corrected chi connectivity index (χ3v) is 7.52. The van der Waals surface area contributed by atoms with Crippen LogP contribution in [0.15, 0.2) is 52.4 Å². The van der Waals surface area contributed by atoms with Crippen molar-refractivity contribution in [2.45, 2.75) is 48.9 Å². The third kappa shape index (κ3) is 7.48. The molecule has 1 N–H and O–H groups in total. The number of hydrogen-bond donors (Lipinski definition) is 1. The van der Waals surface area contributed by atoms with Crippen molar-refractivity contribution in [1.82, 2.24) is 9.71 Å². The summed E-state index contributed by atoms with van der Waals surface area (Å²) in [5, 5.41) is 0. The van der Waals surface area contributed by atoms with Gasteiger partial charge in [-0.25, -0.2) is 26.5 Å². The number of benzene rings is 1. The van der Waals surface area contributed by atoms with Crippen LogP contribution >= 0.6 is 0 Å². The monoisotopic (exact) mass is 469 g/mol. The number of nitrogens with zero attached hydrogens (tertiary/aromatic N) is 2. The molecule has 1 aromatic heterocycles. The number of hydrogen-bond acceptors (Lipinski definition) is 7. The van der Waals surface area contributed by atoms with Crippen molar-refractivity contribution in [3.05, 3.63) is 42.6 Å². The average molecular weight is 470 g/mol. The molecule has 0 fully saturated rings. The standard InChI is InChI=1S/C21H31N3O5S2/c1-5-17(6-2)23-31(27,28)20-12-13-21(22-16-20)24(3)14-7-15-29-18-8-10-19(11-9-18)30(4,25)26/h8-13,16-17,23H,5-7,14-15H2,1-4H3. The van der Waals surface area contributed by atoms with Gasteiger partial charge in [-0.3, -0.25) is 0 Å². The van der Waals surface area contributed by atoms with E-state index >= 15 is 0 Å². The second kappa shape index (κ2) is 10.9. The molecule has 0 amide bonds. The number of rotatable bonds is 12. The highest BCUT2D eigenvalue weighted by atomic mass is 32.2. The van der Waals surface area contributed by atoms with Crippen molar-refractivity contribution in [2.24, 2.45) is 0 Å². The molecule has 0 aliphatic heterocycles. The number of anilines is 1. The Balaban J connectivity index is 1.85. The smallest absolute Gasteiger partial charge is 0.242 e. The van der Waals surface area contributed by atoms with Gasteiger partial charge < -0.3 is 9.64 Å². The minimum Gasteiger partial charge on any atom is -0.494 e. The second-order valence-corrected chi connectivity index (χ2v) is 11.1. The first-order chi connectivity index (χ1) is 14.6. The maximum Gasteiger partial charge on any atom is 0.242 e. The average Bonchev–Trinajstić information content (AvgIpc) is 2.74. The van der Waals surface area contributed by atoms with E-state index in [9.17, 15) is 16.8 Å². The van der Waals surface area contributed by atoms with Gasteiger partial charge in [0.15, 0.2) is 9.84 Å². The van der Waals surface area contributed by atoms with Crippen LogP contribution in [-0.2, 0) is 19.9 Å². The summed E-state index contributed by atoms with van der Waals surface area (Å²) in [7, 11) is -4.92. The molecular weight excluding hydrogens is 438 g/mol. The summed E-state index contributed by atoms with van der Waals surface area (Å²) in [5.41, 5.74) is 0. The molecule has 0 atom stereocenters. The summed E-state index contributed by atoms with van der Waals surface area (Å²) in [4.78, 5) is 6.61. The van der Waals surface area contributed by atoms with E-state index in [0.29, 0.717) is 31.1 Å². The molecule has 2 rings (SSSR count). The summed E-state index contributed by atoms with van der Waals surface area (Å²) in [6.45, 7) is 5.00. The van der Waals surface area contributed by atoms with Crippen LogP contribution in [0.25, 0.3) is 0 Å². The summed E-state index contributed by atoms with van der Waals surface area (Å²) >= 11 is 0. The first-order valence-electron chi connectivity index (χ1n) is 10.2. The van der Waals surface area contributed by atoms with Crippen molar-refractivity contribution < 1.29 is 21.6 Å². The predicted octanol–water partition coefficient (Wildman–Crippen LogP) is 2.86. The van der Waals surface area contributed by atoms with Gasteiger partial charge in [-0.15, -0.1) is 0 Å². The van der Waals surface area contributed by atoms with Gasteiger partial charge in [0.1, 0.15) is 16.5 Å². The molecule has 0 saturated heterocycles. The maximum absolute atomic E-state index is 12.4. The second-order valence-electron chi connectivity index (χ2n) is 7.35. The summed E-state index contributed by atoms with van der Waals surface area (Å²) in [6.07, 6.45) is 4.71. The molecule has 0 bridgehead atoms. The number of ether oxygens (including phenoxy) is 1. The van der Waals surface area contributed by atoms with Crippen molar-refractivity contribution in [1.29, 1.82) is 0 Å². The lowest BCUT2D eigenvalue weighted by Gasteiger charge is -2.19. The lowest BCUT2D eigenvalue weighted by atomic mass is 10.2. The number of nitrogens with one attached hydrogen (secondary N) is 1. The van der Waals surface area contributed by atoms with Gasteiger partial charge in [-0.1, -0.05) is 13.8 Å². The molecule has 0 unspecified atom stereocenters. The summed E-state index contributed by atoms with van der Waals surface area (Å²) in [5.74, 6) is 1.27. The van der Waals surface area contributed by atoms with E-state index < -0.39 is 19.9 Å². The molecule has 2 aromatic rings. The van der Waals surface area contributed by atoms with Gasteiger partial charge in [-0.05, 0) is 55.7 Å². The fourth-order valence-corrected chi connectivity index (χ4v) is 4.87. The lowest BCUT2D eigenvalue weighted by Crippen LogP contribution is -2.34. The van der Waals surface area contributed by atoms with Crippen LogP contribution in [0, 0.1) is 0 Å². The maximum atomic E-state index is 12.4. The van der Waals surface area contributed by atoms with E-state index in [2.05, 4.69) is 9.71 Å². The fourth-order valence-electron chi connectivity index (χ4n) is 2.89. The quantitative estimate of drug-likeness (QED) is 0.477. The molecule has 1 heterocycles. The van der Waals surface area contributed by atoms with Gasteiger partial charge in [0.25, 0.3) is 0 Å². The lowest BCUT2D eigenvalue weighted by molar-refractivity contribution is 0.312. The largest absolute Gasteiger partial charge is 0.494 e. The number of sulfone groups is 1. The van der Waals surface area contributed by atoms with E-state index in [1.165, 1.54) is 18.3 Å². The minimum atomic E-state index is -3.58. The van der Waals surface area contributed by atoms with Crippen LogP contribution in [0.2, 0.25) is 0 Å². The Morgan fingerprint density at radius 2 is 1.61 bits per heavy atom. The van der Waals surface area contributed by atoms with Crippen LogP contribution in [0.5, 0.6) is 5.75 Å². The molecule has 8 nitrogen and oxygen atoms in total. The van der Waals surface area contributed by atoms with Crippen LogP contribution in [0.4, 0.5) is 5.82 Å². The Bertz CT molecular complexity index is 1030.